The molecule has 0 fully saturated rings. The molecule has 0 aliphatic rings. The van der Waals surface area contributed by atoms with Crippen LogP contribution in [0.4, 0.5) is 5.69 Å². The number of rotatable bonds is 4. The summed E-state index contributed by atoms with van der Waals surface area (Å²) in [5, 5.41) is 5.58. The van der Waals surface area contributed by atoms with Crippen LogP contribution in [0.25, 0.3) is 22.6 Å². The standard InChI is InChI=1S/C18H12Cl2N4OS/c19-12-6-5-11(7-13(12)20)22-17(25)8-24-16-4-2-1-3-14(16)23-18(24)15-9-26-10-21-15/h1-7,9-10H,8H2,(H,22,25). The summed E-state index contributed by atoms with van der Waals surface area (Å²) in [7, 11) is 0. The van der Waals surface area contributed by atoms with E-state index in [4.69, 9.17) is 23.2 Å². The fraction of sp³-hybridized carbons (Fsp3) is 0.0556. The molecule has 0 aliphatic heterocycles. The number of fused-ring (bicyclic) bond motifs is 1. The Morgan fingerprint density at radius 3 is 2.77 bits per heavy atom. The van der Waals surface area contributed by atoms with Crippen LogP contribution in [-0.4, -0.2) is 20.4 Å². The maximum absolute atomic E-state index is 12.6. The highest BCUT2D eigenvalue weighted by Gasteiger charge is 2.16. The lowest BCUT2D eigenvalue weighted by Crippen LogP contribution is -2.19. The number of benzene rings is 2. The van der Waals surface area contributed by atoms with Gasteiger partial charge in [-0.25, -0.2) is 9.97 Å². The van der Waals surface area contributed by atoms with Gasteiger partial charge in [0.1, 0.15) is 12.2 Å². The third kappa shape index (κ3) is 3.31. The molecule has 5 nitrogen and oxygen atoms in total. The van der Waals surface area contributed by atoms with E-state index in [1.807, 2.05) is 34.2 Å². The molecule has 130 valence electrons. The molecule has 8 heteroatoms. The summed E-state index contributed by atoms with van der Waals surface area (Å²) >= 11 is 13.4. The number of imidazole rings is 1. The molecule has 0 spiro atoms. The van der Waals surface area contributed by atoms with Crippen LogP contribution in [-0.2, 0) is 11.3 Å². The molecule has 0 radical (unpaired) electrons. The Bertz CT molecular complexity index is 1090. The van der Waals surface area contributed by atoms with Gasteiger partial charge in [-0.15, -0.1) is 11.3 Å². The lowest BCUT2D eigenvalue weighted by Gasteiger charge is -2.10. The minimum Gasteiger partial charge on any atom is -0.324 e. The molecule has 0 saturated carbocycles. The first kappa shape index (κ1) is 17.0. The number of carbonyl (C=O) groups excluding carboxylic acids is 1. The summed E-state index contributed by atoms with van der Waals surface area (Å²) in [4.78, 5) is 21.5. The molecular weight excluding hydrogens is 391 g/mol. The quantitative estimate of drug-likeness (QED) is 0.516. The predicted octanol–water partition coefficient (Wildman–Crippen LogP) is 5.11. The second kappa shape index (κ2) is 7.07. The van der Waals surface area contributed by atoms with Crippen LogP contribution < -0.4 is 5.32 Å². The fourth-order valence-electron chi connectivity index (χ4n) is 2.67. The summed E-state index contributed by atoms with van der Waals surface area (Å²) in [6.07, 6.45) is 0. The summed E-state index contributed by atoms with van der Waals surface area (Å²) in [5.41, 5.74) is 4.77. The highest BCUT2D eigenvalue weighted by atomic mass is 35.5. The van der Waals surface area contributed by atoms with Gasteiger partial charge in [-0.05, 0) is 30.3 Å². The molecular formula is C18H12Cl2N4OS. The number of para-hydroxylation sites is 2. The monoisotopic (exact) mass is 402 g/mol. The van der Waals surface area contributed by atoms with Crippen molar-refractivity contribution in [2.45, 2.75) is 6.54 Å². The van der Waals surface area contributed by atoms with E-state index in [-0.39, 0.29) is 12.5 Å². The Morgan fingerprint density at radius 1 is 1.15 bits per heavy atom. The maximum atomic E-state index is 12.6. The van der Waals surface area contributed by atoms with Gasteiger partial charge in [-0.3, -0.25) is 4.79 Å². The van der Waals surface area contributed by atoms with Gasteiger partial charge in [-0.1, -0.05) is 35.3 Å². The molecule has 0 saturated heterocycles. The topological polar surface area (TPSA) is 59.8 Å². The molecule has 2 aromatic heterocycles. The van der Waals surface area contributed by atoms with Crippen LogP contribution in [0.2, 0.25) is 10.0 Å². The van der Waals surface area contributed by atoms with Crippen molar-refractivity contribution in [2.75, 3.05) is 5.32 Å². The number of aromatic nitrogens is 3. The van der Waals surface area contributed by atoms with Crippen molar-refractivity contribution in [2.24, 2.45) is 0 Å². The summed E-state index contributed by atoms with van der Waals surface area (Å²) in [5.74, 6) is 0.472. The second-order valence-corrected chi connectivity index (χ2v) is 7.09. The summed E-state index contributed by atoms with van der Waals surface area (Å²) in [6, 6.07) is 12.7. The number of thiazole rings is 1. The zero-order valence-corrected chi connectivity index (χ0v) is 15.6. The maximum Gasteiger partial charge on any atom is 0.244 e. The van der Waals surface area contributed by atoms with Crippen LogP contribution in [0.1, 0.15) is 0 Å². The van der Waals surface area contributed by atoms with E-state index < -0.39 is 0 Å². The Balaban J connectivity index is 1.66. The molecule has 4 rings (SSSR count). The number of amides is 1. The van der Waals surface area contributed by atoms with Gasteiger partial charge in [0, 0.05) is 11.1 Å². The number of nitrogens with one attached hydrogen (secondary N) is 1. The zero-order chi connectivity index (χ0) is 18.1. The van der Waals surface area contributed by atoms with Gasteiger partial charge in [0.2, 0.25) is 5.91 Å². The number of carbonyl (C=O) groups is 1. The second-order valence-electron chi connectivity index (χ2n) is 5.56. The minimum absolute atomic E-state index is 0.105. The highest BCUT2D eigenvalue weighted by molar-refractivity contribution is 7.07. The third-order valence-electron chi connectivity index (χ3n) is 3.82. The first-order valence-corrected chi connectivity index (χ1v) is 9.40. The number of hydrogen-bond acceptors (Lipinski definition) is 4. The molecule has 26 heavy (non-hydrogen) atoms. The van der Waals surface area contributed by atoms with E-state index in [2.05, 4.69) is 15.3 Å². The van der Waals surface area contributed by atoms with Crippen LogP contribution in [0.5, 0.6) is 0 Å². The van der Waals surface area contributed by atoms with Gasteiger partial charge >= 0.3 is 0 Å². The SMILES string of the molecule is O=C(Cn1c(-c2cscn2)nc2ccccc21)Nc1ccc(Cl)c(Cl)c1. The smallest absolute Gasteiger partial charge is 0.244 e. The zero-order valence-electron chi connectivity index (χ0n) is 13.3. The Labute approximate surface area is 163 Å². The Kier molecular flexibility index (Phi) is 4.63. The Morgan fingerprint density at radius 2 is 2.00 bits per heavy atom. The van der Waals surface area contributed by atoms with Crippen molar-refractivity contribution in [3.05, 3.63) is 63.4 Å². The normalized spacial score (nSPS) is 11.0. The van der Waals surface area contributed by atoms with Crippen LogP contribution in [0.15, 0.2) is 53.4 Å². The first-order chi connectivity index (χ1) is 12.6. The van der Waals surface area contributed by atoms with E-state index >= 15 is 0 Å². The molecule has 0 unspecified atom stereocenters. The molecule has 1 N–H and O–H groups in total. The van der Waals surface area contributed by atoms with Crippen molar-refractivity contribution in [3.8, 4) is 11.5 Å². The van der Waals surface area contributed by atoms with E-state index in [1.54, 1.807) is 23.7 Å². The first-order valence-electron chi connectivity index (χ1n) is 7.70. The van der Waals surface area contributed by atoms with Gasteiger partial charge in [-0.2, -0.15) is 0 Å². The summed E-state index contributed by atoms with van der Waals surface area (Å²) < 4.78 is 1.86. The molecule has 2 heterocycles. The lowest BCUT2D eigenvalue weighted by molar-refractivity contribution is -0.116. The molecule has 1 amide bonds. The molecule has 2 aromatic carbocycles. The molecule has 0 bridgehead atoms. The highest BCUT2D eigenvalue weighted by Crippen LogP contribution is 2.26. The molecule has 4 aromatic rings. The van der Waals surface area contributed by atoms with Crippen LogP contribution in [0, 0.1) is 0 Å². The molecule has 0 atom stereocenters. The van der Waals surface area contributed by atoms with Crippen molar-refractivity contribution >= 4 is 57.2 Å². The van der Waals surface area contributed by atoms with Gasteiger partial charge < -0.3 is 9.88 Å². The van der Waals surface area contributed by atoms with Gasteiger partial charge in [0.05, 0.1) is 26.6 Å². The van der Waals surface area contributed by atoms with E-state index in [0.717, 1.165) is 16.7 Å². The predicted molar refractivity (Wildman–Crippen MR) is 106 cm³/mol. The van der Waals surface area contributed by atoms with Crippen molar-refractivity contribution < 1.29 is 4.79 Å². The third-order valence-corrected chi connectivity index (χ3v) is 5.15. The van der Waals surface area contributed by atoms with Gasteiger partial charge in [0.15, 0.2) is 5.82 Å². The van der Waals surface area contributed by atoms with Crippen LogP contribution in [0.3, 0.4) is 0 Å². The van der Waals surface area contributed by atoms with E-state index in [1.165, 1.54) is 11.3 Å². The number of anilines is 1. The minimum atomic E-state index is -0.192. The van der Waals surface area contributed by atoms with E-state index in [9.17, 15) is 4.79 Å². The van der Waals surface area contributed by atoms with Gasteiger partial charge in [0.25, 0.3) is 0 Å². The number of nitrogens with zero attached hydrogens (tertiary/aromatic N) is 3. The largest absolute Gasteiger partial charge is 0.324 e. The Hall–Kier alpha value is -2.41. The van der Waals surface area contributed by atoms with Crippen molar-refractivity contribution in [1.29, 1.82) is 0 Å². The van der Waals surface area contributed by atoms with Crippen molar-refractivity contribution in [1.82, 2.24) is 14.5 Å². The summed E-state index contributed by atoms with van der Waals surface area (Å²) in [6.45, 7) is 0.105. The average molecular weight is 403 g/mol. The van der Waals surface area contributed by atoms with Crippen molar-refractivity contribution in [3.63, 3.8) is 0 Å². The molecule has 0 aliphatic carbocycles. The lowest BCUT2D eigenvalue weighted by atomic mass is 10.3. The number of halogens is 2. The average Bonchev–Trinajstić information content (AvgIpc) is 3.26. The van der Waals surface area contributed by atoms with Crippen LogP contribution >= 0.6 is 34.5 Å². The fourth-order valence-corrected chi connectivity index (χ4v) is 3.50. The van der Waals surface area contributed by atoms with E-state index in [0.29, 0.717) is 21.6 Å². The number of hydrogen-bond donors (Lipinski definition) is 1.